The van der Waals surface area contributed by atoms with E-state index in [2.05, 4.69) is 5.32 Å². The largest absolute Gasteiger partial charge is 0.495 e. The predicted octanol–water partition coefficient (Wildman–Crippen LogP) is 2.70. The van der Waals surface area contributed by atoms with Crippen molar-refractivity contribution in [3.63, 3.8) is 0 Å². The molecule has 0 aliphatic rings. The second-order valence-corrected chi connectivity index (χ2v) is 4.64. The SMILES string of the molecule is COc1cccc(C(N)=O)c1NC(=O)c1ccc(Cl)cc1. The van der Waals surface area contributed by atoms with Crippen LogP contribution in [0.5, 0.6) is 5.75 Å². The summed E-state index contributed by atoms with van der Waals surface area (Å²) in [6, 6.07) is 11.1. The van der Waals surface area contributed by atoms with E-state index in [1.807, 2.05) is 0 Å². The van der Waals surface area contributed by atoms with Gasteiger partial charge in [-0.1, -0.05) is 17.7 Å². The first-order valence-corrected chi connectivity index (χ1v) is 6.44. The topological polar surface area (TPSA) is 81.4 Å². The van der Waals surface area contributed by atoms with Crippen molar-refractivity contribution < 1.29 is 14.3 Å². The molecule has 0 heterocycles. The van der Waals surface area contributed by atoms with Gasteiger partial charge >= 0.3 is 0 Å². The standard InChI is InChI=1S/C15H13ClN2O3/c1-21-12-4-2-3-11(14(17)19)13(12)18-15(20)9-5-7-10(16)8-6-9/h2-8H,1H3,(H2,17,19)(H,18,20). The molecule has 6 heteroatoms. The van der Waals surface area contributed by atoms with Crippen molar-refractivity contribution in [3.8, 4) is 5.75 Å². The summed E-state index contributed by atoms with van der Waals surface area (Å²) in [4.78, 5) is 23.7. The summed E-state index contributed by atoms with van der Waals surface area (Å²) in [6.07, 6.45) is 0. The van der Waals surface area contributed by atoms with Gasteiger partial charge in [-0.3, -0.25) is 9.59 Å². The summed E-state index contributed by atoms with van der Waals surface area (Å²) >= 11 is 5.78. The predicted molar refractivity (Wildman–Crippen MR) is 80.9 cm³/mol. The van der Waals surface area contributed by atoms with E-state index in [1.54, 1.807) is 36.4 Å². The second kappa shape index (κ2) is 6.28. The number of ether oxygens (including phenoxy) is 1. The molecule has 2 rings (SSSR count). The van der Waals surface area contributed by atoms with Crippen molar-refractivity contribution in [2.75, 3.05) is 12.4 Å². The minimum Gasteiger partial charge on any atom is -0.495 e. The normalized spacial score (nSPS) is 10.0. The Labute approximate surface area is 126 Å². The van der Waals surface area contributed by atoms with E-state index in [1.165, 1.54) is 13.2 Å². The molecular formula is C15H13ClN2O3. The summed E-state index contributed by atoms with van der Waals surface area (Å²) in [5.74, 6) is -0.687. The quantitative estimate of drug-likeness (QED) is 0.911. The zero-order valence-corrected chi connectivity index (χ0v) is 12.0. The third-order valence-electron chi connectivity index (χ3n) is 2.86. The number of nitrogens with one attached hydrogen (secondary N) is 1. The van der Waals surface area contributed by atoms with Gasteiger partial charge in [0.05, 0.1) is 18.4 Å². The van der Waals surface area contributed by atoms with Gasteiger partial charge in [-0.15, -0.1) is 0 Å². The van der Waals surface area contributed by atoms with Crippen LogP contribution < -0.4 is 15.8 Å². The number of carbonyl (C=O) groups excluding carboxylic acids is 2. The number of primary amides is 1. The lowest BCUT2D eigenvalue weighted by molar-refractivity contribution is 0.100. The first kappa shape index (κ1) is 14.9. The first-order valence-electron chi connectivity index (χ1n) is 6.06. The van der Waals surface area contributed by atoms with Crippen LogP contribution in [0.25, 0.3) is 0 Å². The molecular weight excluding hydrogens is 292 g/mol. The molecule has 108 valence electrons. The molecule has 0 aliphatic heterocycles. The highest BCUT2D eigenvalue weighted by molar-refractivity contribution is 6.30. The number of amides is 2. The molecule has 0 bridgehead atoms. The van der Waals surface area contributed by atoms with Crippen LogP contribution in [0.3, 0.4) is 0 Å². The number of methoxy groups -OCH3 is 1. The van der Waals surface area contributed by atoms with Crippen LogP contribution in [-0.4, -0.2) is 18.9 Å². The van der Waals surface area contributed by atoms with Crippen LogP contribution in [0.1, 0.15) is 20.7 Å². The fraction of sp³-hybridized carbons (Fsp3) is 0.0667. The van der Waals surface area contributed by atoms with Crippen molar-refractivity contribution in [3.05, 3.63) is 58.6 Å². The zero-order chi connectivity index (χ0) is 15.4. The number of para-hydroxylation sites is 1. The Balaban J connectivity index is 2.36. The van der Waals surface area contributed by atoms with Crippen LogP contribution in [0.4, 0.5) is 5.69 Å². The number of benzene rings is 2. The molecule has 3 N–H and O–H groups in total. The van der Waals surface area contributed by atoms with Gasteiger partial charge in [0.25, 0.3) is 11.8 Å². The monoisotopic (exact) mass is 304 g/mol. The Kier molecular flexibility index (Phi) is 4.45. The van der Waals surface area contributed by atoms with Crippen LogP contribution >= 0.6 is 11.6 Å². The lowest BCUT2D eigenvalue weighted by Gasteiger charge is -2.13. The van der Waals surface area contributed by atoms with Crippen LogP contribution in [-0.2, 0) is 0 Å². The van der Waals surface area contributed by atoms with Crippen LogP contribution in [0.2, 0.25) is 5.02 Å². The Morgan fingerprint density at radius 1 is 1.14 bits per heavy atom. The average Bonchev–Trinajstić information content (AvgIpc) is 2.47. The number of hydrogen-bond donors (Lipinski definition) is 2. The molecule has 2 aromatic rings. The van der Waals surface area contributed by atoms with Crippen LogP contribution in [0.15, 0.2) is 42.5 Å². The fourth-order valence-corrected chi connectivity index (χ4v) is 1.95. The van der Waals surface area contributed by atoms with E-state index in [4.69, 9.17) is 22.1 Å². The van der Waals surface area contributed by atoms with Crippen molar-refractivity contribution in [2.45, 2.75) is 0 Å². The third-order valence-corrected chi connectivity index (χ3v) is 3.11. The van der Waals surface area contributed by atoms with Crippen molar-refractivity contribution in [2.24, 2.45) is 5.73 Å². The fourth-order valence-electron chi connectivity index (χ4n) is 1.82. The van der Waals surface area contributed by atoms with E-state index in [0.717, 1.165) is 0 Å². The smallest absolute Gasteiger partial charge is 0.255 e. The van der Waals surface area contributed by atoms with Crippen molar-refractivity contribution >= 4 is 29.1 Å². The maximum atomic E-state index is 12.2. The zero-order valence-electron chi connectivity index (χ0n) is 11.2. The minimum absolute atomic E-state index is 0.177. The number of nitrogens with two attached hydrogens (primary N) is 1. The summed E-state index contributed by atoms with van der Waals surface area (Å²) in [7, 11) is 1.44. The highest BCUT2D eigenvalue weighted by Gasteiger charge is 2.16. The summed E-state index contributed by atoms with van der Waals surface area (Å²) < 4.78 is 5.15. The molecule has 0 atom stereocenters. The van der Waals surface area contributed by atoms with Gasteiger partial charge in [0, 0.05) is 10.6 Å². The molecule has 21 heavy (non-hydrogen) atoms. The molecule has 5 nitrogen and oxygen atoms in total. The molecule has 2 aromatic carbocycles. The number of rotatable bonds is 4. The molecule has 0 radical (unpaired) electrons. The lowest BCUT2D eigenvalue weighted by atomic mass is 10.1. The van der Waals surface area contributed by atoms with Gasteiger partial charge in [-0.05, 0) is 36.4 Å². The van der Waals surface area contributed by atoms with Gasteiger partial charge in [0.15, 0.2) is 0 Å². The summed E-state index contributed by atoms with van der Waals surface area (Å²) in [6.45, 7) is 0. The summed E-state index contributed by atoms with van der Waals surface area (Å²) in [5.41, 5.74) is 6.13. The van der Waals surface area contributed by atoms with E-state index in [-0.39, 0.29) is 11.3 Å². The Morgan fingerprint density at radius 3 is 2.38 bits per heavy atom. The maximum Gasteiger partial charge on any atom is 0.255 e. The Hall–Kier alpha value is -2.53. The average molecular weight is 305 g/mol. The number of anilines is 1. The molecule has 0 aliphatic carbocycles. The molecule has 0 aromatic heterocycles. The van der Waals surface area contributed by atoms with Crippen LogP contribution in [0, 0.1) is 0 Å². The van der Waals surface area contributed by atoms with Gasteiger partial charge in [0.1, 0.15) is 5.75 Å². The maximum absolute atomic E-state index is 12.2. The lowest BCUT2D eigenvalue weighted by Crippen LogP contribution is -2.19. The van der Waals surface area contributed by atoms with Crippen molar-refractivity contribution in [1.82, 2.24) is 0 Å². The van der Waals surface area contributed by atoms with E-state index in [9.17, 15) is 9.59 Å². The second-order valence-electron chi connectivity index (χ2n) is 4.21. The highest BCUT2D eigenvalue weighted by Crippen LogP contribution is 2.28. The first-order chi connectivity index (χ1) is 10.0. The highest BCUT2D eigenvalue weighted by atomic mass is 35.5. The van der Waals surface area contributed by atoms with E-state index < -0.39 is 11.8 Å². The van der Waals surface area contributed by atoms with Gasteiger partial charge in [-0.25, -0.2) is 0 Å². The summed E-state index contributed by atoms with van der Waals surface area (Å²) in [5, 5.41) is 3.17. The third kappa shape index (κ3) is 3.32. The Morgan fingerprint density at radius 2 is 1.81 bits per heavy atom. The Bertz CT molecular complexity index is 684. The van der Waals surface area contributed by atoms with Crippen molar-refractivity contribution in [1.29, 1.82) is 0 Å². The molecule has 0 saturated heterocycles. The van der Waals surface area contributed by atoms with E-state index in [0.29, 0.717) is 16.3 Å². The minimum atomic E-state index is -0.652. The van der Waals surface area contributed by atoms with Gasteiger partial charge < -0.3 is 15.8 Å². The van der Waals surface area contributed by atoms with Gasteiger partial charge in [0.2, 0.25) is 0 Å². The number of halogens is 1. The number of hydrogen-bond acceptors (Lipinski definition) is 3. The molecule has 2 amide bonds. The molecule has 0 saturated carbocycles. The molecule has 0 fully saturated rings. The molecule has 0 spiro atoms. The van der Waals surface area contributed by atoms with Gasteiger partial charge in [-0.2, -0.15) is 0 Å². The molecule has 0 unspecified atom stereocenters. The number of carbonyl (C=O) groups is 2. The van der Waals surface area contributed by atoms with E-state index >= 15 is 0 Å².